The number of hydrogen-bond donors (Lipinski definition) is 2. The summed E-state index contributed by atoms with van der Waals surface area (Å²) in [6.45, 7) is 3.48. The smallest absolute Gasteiger partial charge is 0.328 e. The number of aryl methyl sites for hydroxylation is 3. The molecule has 0 spiro atoms. The fourth-order valence-electron chi connectivity index (χ4n) is 9.00. The van der Waals surface area contributed by atoms with Gasteiger partial charge in [-0.2, -0.15) is 8.61 Å². The van der Waals surface area contributed by atoms with Crippen LogP contribution in [0, 0.1) is 13.8 Å². The lowest BCUT2D eigenvalue weighted by molar-refractivity contribution is -0.131. The van der Waals surface area contributed by atoms with Crippen molar-refractivity contribution in [3.63, 3.8) is 0 Å². The number of carboxylic acids is 1. The zero-order chi connectivity index (χ0) is 56.5. The molecule has 2 fully saturated rings. The molecule has 0 unspecified atom stereocenters. The summed E-state index contributed by atoms with van der Waals surface area (Å²) >= 11 is 0. The summed E-state index contributed by atoms with van der Waals surface area (Å²) in [4.78, 5) is 30.4. The molecular weight excluding hydrogens is 1060 g/mol. The third kappa shape index (κ3) is 14.7. The molecule has 4 aromatic carbocycles. The van der Waals surface area contributed by atoms with Crippen LogP contribution < -0.4 is 5.73 Å². The van der Waals surface area contributed by atoms with Gasteiger partial charge in [-0.1, -0.05) is 36.4 Å². The van der Waals surface area contributed by atoms with Crippen LogP contribution >= 0.6 is 0 Å². The lowest BCUT2D eigenvalue weighted by atomic mass is 10.0. The Morgan fingerprint density at radius 1 is 0.608 bits per heavy atom. The van der Waals surface area contributed by atoms with Crippen LogP contribution in [0.25, 0.3) is 56.3 Å². The summed E-state index contributed by atoms with van der Waals surface area (Å²) in [6, 6.07) is 31.9. The van der Waals surface area contributed by atoms with Crippen molar-refractivity contribution in [1.29, 1.82) is 0 Å². The maximum atomic E-state index is 13.5. The van der Waals surface area contributed by atoms with Crippen LogP contribution in [-0.4, -0.2) is 90.3 Å². The summed E-state index contributed by atoms with van der Waals surface area (Å²) < 4.78 is 119. The van der Waals surface area contributed by atoms with Gasteiger partial charge in [-0.25, -0.2) is 39.2 Å². The van der Waals surface area contributed by atoms with E-state index in [1.165, 1.54) is 30.3 Å². The van der Waals surface area contributed by atoms with Gasteiger partial charge in [0, 0.05) is 106 Å². The number of aliphatic carboxylic acids is 1. The molecule has 0 radical (unpaired) electrons. The van der Waals surface area contributed by atoms with Gasteiger partial charge >= 0.3 is 5.97 Å². The number of alkyl halides is 4. The van der Waals surface area contributed by atoms with E-state index in [2.05, 4.69) is 9.97 Å². The van der Waals surface area contributed by atoms with Crippen molar-refractivity contribution in [2.24, 2.45) is 5.73 Å². The third-order valence-corrected chi connectivity index (χ3v) is 17.2. The second kappa shape index (κ2) is 24.6. The van der Waals surface area contributed by atoms with E-state index in [4.69, 9.17) is 19.7 Å². The Balaban J connectivity index is 0.000000179. The number of hydrogen-bond acceptors (Lipinski definition) is 11. The zero-order valence-corrected chi connectivity index (χ0v) is 44.8. The quantitative estimate of drug-likeness (QED) is 0.0770. The van der Waals surface area contributed by atoms with E-state index in [1.54, 1.807) is 73.3 Å². The van der Waals surface area contributed by atoms with Crippen molar-refractivity contribution < 1.29 is 57.9 Å². The first kappa shape index (κ1) is 57.6. The monoisotopic (exact) mass is 1120 g/mol. The van der Waals surface area contributed by atoms with Crippen molar-refractivity contribution in [1.82, 2.24) is 18.6 Å². The van der Waals surface area contributed by atoms with Crippen LogP contribution in [0.5, 0.6) is 0 Å². The van der Waals surface area contributed by atoms with Gasteiger partial charge < -0.3 is 19.7 Å². The Morgan fingerprint density at radius 3 is 1.43 bits per heavy atom. The SMILES string of the molecule is Cc1cc(-c2ccc(S(=O)(=O)N3CCC(F)(F)CC3)cc2)cc2cc(CCC(=O)/C=C/c3cccnc3)oc12.Cc1cc(-c2ccc(S(=O)(=O)N3CCC(F)(F)CC3)cc2)cc2cc(CN)oc12.O=C(O)/C=C/c1cccnc1. The number of pyridine rings is 2. The van der Waals surface area contributed by atoms with Crippen molar-refractivity contribution in [3.05, 3.63) is 180 Å². The molecule has 10 rings (SSSR count). The number of ketones is 1. The molecule has 412 valence electrons. The highest BCUT2D eigenvalue weighted by Gasteiger charge is 2.40. The second-order valence-corrected chi connectivity index (χ2v) is 23.0. The molecule has 2 saturated heterocycles. The maximum absolute atomic E-state index is 13.5. The number of carbonyl (C=O) groups is 2. The van der Waals surface area contributed by atoms with Crippen molar-refractivity contribution >= 4 is 65.9 Å². The molecule has 2 aliphatic heterocycles. The molecule has 6 heterocycles. The van der Waals surface area contributed by atoms with E-state index in [9.17, 15) is 44.0 Å². The molecule has 3 N–H and O–H groups in total. The highest BCUT2D eigenvalue weighted by Crippen LogP contribution is 2.36. The van der Waals surface area contributed by atoms with Gasteiger partial charge in [-0.05, 0) is 149 Å². The first-order valence-electron chi connectivity index (χ1n) is 25.2. The Bertz CT molecular complexity index is 3720. The molecule has 14 nitrogen and oxygen atoms in total. The number of nitrogens with two attached hydrogens (primary N) is 1. The van der Waals surface area contributed by atoms with E-state index >= 15 is 0 Å². The Hall–Kier alpha value is -7.62. The van der Waals surface area contributed by atoms with Gasteiger partial charge in [0.15, 0.2) is 5.78 Å². The van der Waals surface area contributed by atoms with E-state index in [0.29, 0.717) is 30.9 Å². The largest absolute Gasteiger partial charge is 0.478 e. The number of fused-ring (bicyclic) bond motifs is 2. The minimum absolute atomic E-state index is 0.00923. The summed E-state index contributed by atoms with van der Waals surface area (Å²) in [7, 11) is -7.62. The minimum atomic E-state index is -3.83. The van der Waals surface area contributed by atoms with Gasteiger partial charge in [-0.3, -0.25) is 14.8 Å². The van der Waals surface area contributed by atoms with Crippen LogP contribution in [0.2, 0.25) is 0 Å². The Labute approximate surface area is 455 Å². The van der Waals surface area contributed by atoms with Gasteiger partial charge in [0.05, 0.1) is 16.3 Å². The third-order valence-electron chi connectivity index (χ3n) is 13.3. The van der Waals surface area contributed by atoms with Crippen LogP contribution in [0.15, 0.2) is 165 Å². The van der Waals surface area contributed by atoms with E-state index < -0.39 is 63.5 Å². The number of rotatable bonds is 14. The zero-order valence-electron chi connectivity index (χ0n) is 43.2. The fourth-order valence-corrected chi connectivity index (χ4v) is 11.9. The summed E-state index contributed by atoms with van der Waals surface area (Å²) in [5.74, 6) is -5.15. The number of furan rings is 2. The van der Waals surface area contributed by atoms with Crippen molar-refractivity contribution in [3.8, 4) is 22.3 Å². The Kier molecular flexibility index (Phi) is 17.9. The molecule has 0 bridgehead atoms. The number of nitrogens with zero attached hydrogens (tertiary/aromatic N) is 4. The fraction of sp³-hybridized carbons (Fsp3) is 0.254. The molecular formula is C59H57F4N5O9S2. The van der Waals surface area contributed by atoms with Crippen LogP contribution in [-0.2, 0) is 42.6 Å². The summed E-state index contributed by atoms with van der Waals surface area (Å²) in [6.07, 6.45) is 11.4. The average Bonchev–Trinajstić information content (AvgIpc) is 4.14. The van der Waals surface area contributed by atoms with E-state index in [1.807, 2.05) is 62.4 Å². The number of aromatic nitrogens is 2. The highest BCUT2D eigenvalue weighted by molar-refractivity contribution is 7.89. The highest BCUT2D eigenvalue weighted by atomic mass is 32.2. The van der Waals surface area contributed by atoms with Gasteiger partial charge in [0.1, 0.15) is 22.7 Å². The van der Waals surface area contributed by atoms with Gasteiger partial charge in [0.2, 0.25) is 20.0 Å². The molecule has 0 amide bonds. The first-order chi connectivity index (χ1) is 37.6. The van der Waals surface area contributed by atoms with E-state index in [0.717, 1.165) is 81.1 Å². The van der Waals surface area contributed by atoms with Crippen molar-refractivity contribution in [2.45, 2.75) is 80.6 Å². The molecule has 79 heavy (non-hydrogen) atoms. The first-order valence-corrected chi connectivity index (χ1v) is 28.1. The van der Waals surface area contributed by atoms with Crippen LogP contribution in [0.4, 0.5) is 17.6 Å². The summed E-state index contributed by atoms with van der Waals surface area (Å²) in [5.41, 5.74) is 14.2. The molecule has 4 aromatic heterocycles. The maximum Gasteiger partial charge on any atom is 0.328 e. The number of piperidine rings is 2. The van der Waals surface area contributed by atoms with Gasteiger partial charge in [0.25, 0.3) is 11.8 Å². The molecule has 2 aliphatic rings. The second-order valence-electron chi connectivity index (χ2n) is 19.2. The minimum Gasteiger partial charge on any atom is -0.478 e. The predicted octanol–water partition coefficient (Wildman–Crippen LogP) is 11.9. The number of carboxylic acid groups (broad SMARTS) is 1. The standard InChI is InChI=1S/C30H28F2N2O4S.C21H22F2N2O3S.C8H7NO2/c1-21-17-24(23-5-10-28(11-6-23)39(36,37)34-15-12-30(31,32)13-16-34)18-25-19-27(38-29(21)25)9-8-26(35)7-4-22-3-2-14-33-20-22;1-14-10-16(11-17-12-18(13-24)28-20(14)17)15-2-4-19(5-3-15)29(26,27)25-8-6-21(22,23)7-9-25;10-8(11)4-3-7-2-1-5-9-6-7/h2-7,10-11,14,17-20H,8-9,12-13,15-16H2,1H3;2-5,10-12H,6-9,13,24H2,1H3;1-6H,(H,10,11)/b7-4+;;4-3+. The van der Waals surface area contributed by atoms with Crippen LogP contribution in [0.1, 0.15) is 65.9 Å². The lowest BCUT2D eigenvalue weighted by Crippen LogP contribution is -2.42. The van der Waals surface area contributed by atoms with Crippen molar-refractivity contribution in [2.75, 3.05) is 26.2 Å². The number of halogens is 4. The van der Waals surface area contributed by atoms with Crippen LogP contribution in [0.3, 0.4) is 0 Å². The Morgan fingerprint density at radius 2 is 1.03 bits per heavy atom. The average molecular weight is 1120 g/mol. The number of carbonyl (C=O) groups excluding carboxylic acids is 1. The summed E-state index contributed by atoms with van der Waals surface area (Å²) in [5, 5.41) is 10.1. The van der Waals surface area contributed by atoms with E-state index in [-0.39, 0.29) is 41.8 Å². The molecule has 8 aromatic rings. The number of benzene rings is 4. The predicted molar refractivity (Wildman–Crippen MR) is 294 cm³/mol. The normalized spacial score (nSPS) is 15.9. The molecule has 0 atom stereocenters. The number of allylic oxidation sites excluding steroid dienone is 1. The lowest BCUT2D eigenvalue weighted by Gasteiger charge is -2.30. The topological polar surface area (TPSA) is 207 Å². The number of sulfonamides is 2. The van der Waals surface area contributed by atoms with Gasteiger partial charge in [-0.15, -0.1) is 0 Å². The molecule has 0 saturated carbocycles. The molecule has 20 heteroatoms. The molecule has 0 aliphatic carbocycles.